The predicted octanol–water partition coefficient (Wildman–Crippen LogP) is 5.53. The van der Waals surface area contributed by atoms with Crippen LogP contribution in [0.25, 0.3) is 0 Å². The van der Waals surface area contributed by atoms with Crippen molar-refractivity contribution in [3.05, 3.63) is 65.1 Å². The number of benzene rings is 2. The molecule has 1 spiro atoms. The second-order valence-electron chi connectivity index (χ2n) is 11.5. The summed E-state index contributed by atoms with van der Waals surface area (Å²) in [7, 11) is 4.77. The fourth-order valence-electron chi connectivity index (χ4n) is 5.94. The van der Waals surface area contributed by atoms with Gasteiger partial charge in [0.25, 0.3) is 11.8 Å². The van der Waals surface area contributed by atoms with Crippen LogP contribution in [0.3, 0.4) is 0 Å². The van der Waals surface area contributed by atoms with Gasteiger partial charge < -0.3 is 30.3 Å². The molecule has 0 bridgehead atoms. The zero-order valence-electron chi connectivity index (χ0n) is 25.1. The summed E-state index contributed by atoms with van der Waals surface area (Å²) in [5, 5.41) is 8.01. The predicted molar refractivity (Wildman–Crippen MR) is 157 cm³/mol. The van der Waals surface area contributed by atoms with Crippen LogP contribution in [0.1, 0.15) is 58.4 Å². The van der Waals surface area contributed by atoms with Crippen LogP contribution in [0.2, 0.25) is 0 Å². The number of para-hydroxylation sites is 1. The molecule has 2 fully saturated rings. The molecule has 14 heteroatoms. The molecule has 1 aliphatic heterocycles. The van der Waals surface area contributed by atoms with Gasteiger partial charge in [0, 0.05) is 25.4 Å². The van der Waals surface area contributed by atoms with Gasteiger partial charge in [-0.05, 0) is 75.9 Å². The van der Waals surface area contributed by atoms with Crippen molar-refractivity contribution in [3.8, 4) is 17.4 Å². The van der Waals surface area contributed by atoms with Gasteiger partial charge in [0.1, 0.15) is 22.9 Å². The average Bonchev–Trinajstić information content (AvgIpc) is 3.40. The summed E-state index contributed by atoms with van der Waals surface area (Å²) >= 11 is 0. The van der Waals surface area contributed by atoms with Crippen molar-refractivity contribution in [2.45, 2.75) is 44.3 Å². The molecule has 1 unspecified atom stereocenters. The normalized spacial score (nSPS) is 18.0. The van der Waals surface area contributed by atoms with Gasteiger partial charge in [0.05, 0.1) is 23.9 Å². The van der Waals surface area contributed by atoms with Gasteiger partial charge in [-0.1, -0.05) is 12.1 Å². The van der Waals surface area contributed by atoms with E-state index in [2.05, 4.69) is 37.9 Å². The van der Waals surface area contributed by atoms with Gasteiger partial charge in [-0.3, -0.25) is 9.59 Å². The third-order valence-corrected chi connectivity index (χ3v) is 8.49. The number of rotatable bonds is 8. The Hall–Kier alpha value is -4.46. The monoisotopic (exact) mass is 630 g/mol. The van der Waals surface area contributed by atoms with E-state index in [9.17, 15) is 22.8 Å². The van der Waals surface area contributed by atoms with Gasteiger partial charge >= 0.3 is 6.18 Å². The summed E-state index contributed by atoms with van der Waals surface area (Å²) in [6.07, 6.45) is 0.426. The molecule has 3 aromatic rings. The van der Waals surface area contributed by atoms with Gasteiger partial charge in [0.15, 0.2) is 0 Å². The van der Waals surface area contributed by atoms with E-state index in [0.29, 0.717) is 6.20 Å². The number of methoxy groups -OCH3 is 1. The minimum Gasteiger partial charge on any atom is -0.495 e. The highest BCUT2D eigenvalue weighted by molar-refractivity contribution is 5.97. The number of amides is 2. The fourth-order valence-corrected chi connectivity index (χ4v) is 5.94. The summed E-state index contributed by atoms with van der Waals surface area (Å²) in [4.78, 5) is 35.3. The molecular weight excluding hydrogens is 596 g/mol. The lowest BCUT2D eigenvalue weighted by Crippen LogP contribution is -2.39. The first-order valence-electron chi connectivity index (χ1n) is 14.5. The van der Waals surface area contributed by atoms with E-state index < -0.39 is 35.3 Å². The van der Waals surface area contributed by atoms with Crippen molar-refractivity contribution in [1.29, 1.82) is 0 Å². The van der Waals surface area contributed by atoms with Crippen molar-refractivity contribution in [3.63, 3.8) is 0 Å². The maximum absolute atomic E-state index is 15.3. The van der Waals surface area contributed by atoms with Crippen LogP contribution in [-0.4, -0.2) is 67.0 Å². The number of halogens is 4. The molecule has 1 aromatic heterocycles. The highest BCUT2D eigenvalue weighted by atomic mass is 19.4. The van der Waals surface area contributed by atoms with E-state index in [1.807, 2.05) is 0 Å². The zero-order chi connectivity index (χ0) is 32.4. The number of alkyl halides is 3. The maximum Gasteiger partial charge on any atom is 0.423 e. The molecule has 2 amide bonds. The standard InChI is InChI=1S/C31H34F4N6O4/c1-36-26(42)19-6-4-5-7-24(19)45-28-21(31(33,34)35)17-37-29(40-28)39-23-15-22(32)20(14-25(23)44-3)27(43)38-18-8-9-30(16-18)10-12-41(2)13-11-30/h4-7,14-15,17-18H,8-13,16H2,1-3H3,(H,36,42)(H,38,43)(H,37,39,40). The van der Waals surface area contributed by atoms with Crippen LogP contribution in [-0.2, 0) is 6.18 Å². The molecule has 240 valence electrons. The number of nitrogens with zero attached hydrogens (tertiary/aromatic N) is 3. The van der Waals surface area contributed by atoms with Crippen molar-refractivity contribution >= 4 is 23.5 Å². The van der Waals surface area contributed by atoms with Crippen molar-refractivity contribution < 1.29 is 36.6 Å². The van der Waals surface area contributed by atoms with Crippen LogP contribution < -0.4 is 25.4 Å². The Morgan fingerprint density at radius 1 is 1.04 bits per heavy atom. The molecule has 1 aliphatic carbocycles. The number of likely N-dealkylation sites (tertiary alicyclic amines) is 1. The van der Waals surface area contributed by atoms with Crippen LogP contribution in [0, 0.1) is 11.2 Å². The summed E-state index contributed by atoms with van der Waals surface area (Å²) in [6.45, 7) is 2.03. The van der Waals surface area contributed by atoms with E-state index in [-0.39, 0.29) is 45.7 Å². The maximum atomic E-state index is 15.3. The van der Waals surface area contributed by atoms with Gasteiger partial charge in [-0.2, -0.15) is 18.2 Å². The summed E-state index contributed by atoms with van der Waals surface area (Å²) in [5.41, 5.74) is -1.38. The Morgan fingerprint density at radius 2 is 1.78 bits per heavy atom. The van der Waals surface area contributed by atoms with Crippen LogP contribution in [0.15, 0.2) is 42.6 Å². The Bertz CT molecular complexity index is 1580. The number of carbonyl (C=O) groups excluding carboxylic acids is 2. The Labute approximate surface area is 257 Å². The molecule has 45 heavy (non-hydrogen) atoms. The third-order valence-electron chi connectivity index (χ3n) is 8.49. The second kappa shape index (κ2) is 12.9. The first-order chi connectivity index (χ1) is 21.4. The molecule has 5 rings (SSSR count). The Morgan fingerprint density at radius 3 is 2.47 bits per heavy atom. The summed E-state index contributed by atoms with van der Waals surface area (Å²) < 4.78 is 67.6. The number of carbonyl (C=O) groups is 2. The quantitative estimate of drug-likeness (QED) is 0.278. The zero-order valence-corrected chi connectivity index (χ0v) is 25.1. The molecule has 2 aromatic carbocycles. The first kappa shape index (κ1) is 31.9. The van der Waals surface area contributed by atoms with Crippen LogP contribution >= 0.6 is 0 Å². The summed E-state index contributed by atoms with van der Waals surface area (Å²) in [5.74, 6) is -3.42. The number of hydrogen-bond acceptors (Lipinski definition) is 8. The smallest absolute Gasteiger partial charge is 0.423 e. The molecule has 2 aliphatic rings. The minimum atomic E-state index is -4.89. The van der Waals surface area contributed by atoms with E-state index in [4.69, 9.17) is 9.47 Å². The number of hydrogen-bond donors (Lipinski definition) is 3. The average molecular weight is 631 g/mol. The van der Waals surface area contributed by atoms with E-state index in [0.717, 1.165) is 51.3 Å². The Balaban J connectivity index is 1.36. The Kier molecular flexibility index (Phi) is 9.14. The SMILES string of the molecule is CNC(=O)c1ccccc1Oc1nc(Nc2cc(F)c(C(=O)NC3CCC4(CCN(C)CC4)C3)cc2OC)ncc1C(F)(F)F. The molecule has 2 heterocycles. The molecule has 1 atom stereocenters. The van der Waals surface area contributed by atoms with E-state index in [1.165, 1.54) is 44.5 Å². The van der Waals surface area contributed by atoms with Gasteiger partial charge in [-0.15, -0.1) is 0 Å². The molecule has 0 radical (unpaired) electrons. The molecular formula is C31H34F4N6O4. The number of piperidine rings is 1. The summed E-state index contributed by atoms with van der Waals surface area (Å²) in [6, 6.07) is 7.85. The lowest BCUT2D eigenvalue weighted by molar-refractivity contribution is -0.139. The number of ether oxygens (including phenoxy) is 2. The van der Waals surface area contributed by atoms with Crippen molar-refractivity contribution in [1.82, 2.24) is 25.5 Å². The van der Waals surface area contributed by atoms with Gasteiger partial charge in [0.2, 0.25) is 11.8 Å². The van der Waals surface area contributed by atoms with E-state index >= 15 is 4.39 Å². The number of aromatic nitrogens is 2. The number of anilines is 2. The highest BCUT2D eigenvalue weighted by Gasteiger charge is 2.41. The van der Waals surface area contributed by atoms with Gasteiger partial charge in [-0.25, -0.2) is 9.37 Å². The molecule has 3 N–H and O–H groups in total. The molecule has 10 nitrogen and oxygen atoms in total. The highest BCUT2D eigenvalue weighted by Crippen LogP contribution is 2.46. The lowest BCUT2D eigenvalue weighted by atomic mass is 9.77. The molecule has 1 saturated carbocycles. The first-order valence-corrected chi connectivity index (χ1v) is 14.5. The minimum absolute atomic E-state index is 0.0158. The van der Waals surface area contributed by atoms with Crippen molar-refractivity contribution in [2.75, 3.05) is 39.6 Å². The topological polar surface area (TPSA) is 118 Å². The third kappa shape index (κ3) is 7.11. The number of nitrogens with one attached hydrogen (secondary N) is 3. The lowest BCUT2D eigenvalue weighted by Gasteiger charge is -2.38. The van der Waals surface area contributed by atoms with E-state index in [1.54, 1.807) is 0 Å². The fraction of sp³-hybridized carbons (Fsp3) is 0.419. The van der Waals surface area contributed by atoms with Crippen LogP contribution in [0.4, 0.5) is 29.2 Å². The second-order valence-corrected chi connectivity index (χ2v) is 11.5. The van der Waals surface area contributed by atoms with Crippen molar-refractivity contribution in [2.24, 2.45) is 5.41 Å². The largest absolute Gasteiger partial charge is 0.495 e. The molecule has 1 saturated heterocycles. The van der Waals surface area contributed by atoms with Crippen LogP contribution in [0.5, 0.6) is 17.4 Å².